The molecule has 3 aliphatic heterocycles. The number of hydrazone groups is 1. The minimum absolute atomic E-state index is 0.161. The maximum Gasteiger partial charge on any atom is 0.269 e. The van der Waals surface area contributed by atoms with Crippen molar-refractivity contribution in [1.29, 1.82) is 0 Å². The number of fused-ring (bicyclic) bond motifs is 5. The molecule has 0 saturated carbocycles. The third-order valence-corrected chi connectivity index (χ3v) is 7.32. The molecular formula is C27H19FN4O5. The molecule has 0 aliphatic carbocycles. The molecular weight excluding hydrogens is 479 g/mol. The number of hydrogen-bond acceptors (Lipinski definition) is 7. The Morgan fingerprint density at radius 3 is 2.41 bits per heavy atom. The van der Waals surface area contributed by atoms with E-state index in [0.717, 1.165) is 16.0 Å². The average molecular weight is 498 g/mol. The highest BCUT2D eigenvalue weighted by Gasteiger charge is 2.65. The highest BCUT2D eigenvalue weighted by atomic mass is 19.1. The molecule has 2 saturated heterocycles. The number of halogens is 1. The Hall–Kier alpha value is -4.73. The smallest absolute Gasteiger partial charge is 0.269 e. The molecule has 6 rings (SSSR count). The molecule has 184 valence electrons. The molecule has 3 aromatic carbocycles. The molecule has 0 aromatic heterocycles. The number of amides is 2. The number of non-ortho nitro benzene ring substituents is 1. The van der Waals surface area contributed by atoms with E-state index in [1.807, 2.05) is 24.3 Å². The first-order valence-corrected chi connectivity index (χ1v) is 11.6. The van der Waals surface area contributed by atoms with Gasteiger partial charge in [-0.1, -0.05) is 24.3 Å². The number of carbonyl (C=O) groups is 3. The number of carbonyl (C=O) groups excluding carboxylic acids is 3. The number of ketones is 1. The normalized spacial score (nSPS) is 23.6. The third-order valence-electron chi connectivity index (χ3n) is 7.32. The van der Waals surface area contributed by atoms with Crippen LogP contribution in [0.3, 0.4) is 0 Å². The van der Waals surface area contributed by atoms with Crippen LogP contribution in [0.15, 0.2) is 71.8 Å². The van der Waals surface area contributed by atoms with Crippen LogP contribution in [0.25, 0.3) is 0 Å². The van der Waals surface area contributed by atoms with Gasteiger partial charge in [0.1, 0.15) is 11.9 Å². The lowest BCUT2D eigenvalue weighted by molar-refractivity contribution is -0.384. The van der Waals surface area contributed by atoms with Crippen LogP contribution < -0.4 is 4.90 Å². The fourth-order valence-electron chi connectivity index (χ4n) is 5.69. The second-order valence-electron chi connectivity index (χ2n) is 9.31. The van der Waals surface area contributed by atoms with Gasteiger partial charge in [0.25, 0.3) is 5.69 Å². The standard InChI is InChI=1S/C27H19FN4O5/c1-14-12-18(32(36)37)10-11-20(14)30-26(34)21-22(27(30)35)24(25(33)15-6-8-17(28)9-7-15)31-23(21)19-5-3-2-4-16(19)13-29-31/h2-13,21-24H,1H3/t21-,22-,23+,24+/m1/s1. The van der Waals surface area contributed by atoms with Crippen molar-refractivity contribution in [2.45, 2.75) is 19.0 Å². The summed E-state index contributed by atoms with van der Waals surface area (Å²) in [5.41, 5.74) is 2.21. The van der Waals surface area contributed by atoms with Crippen molar-refractivity contribution in [2.75, 3.05) is 4.90 Å². The topological polar surface area (TPSA) is 113 Å². The van der Waals surface area contributed by atoms with Crippen LogP contribution in [0.1, 0.15) is 33.1 Å². The first-order chi connectivity index (χ1) is 17.8. The second kappa shape index (κ2) is 8.16. The van der Waals surface area contributed by atoms with Crippen molar-refractivity contribution >= 4 is 35.2 Å². The number of nitro groups is 1. The van der Waals surface area contributed by atoms with E-state index in [-0.39, 0.29) is 16.9 Å². The molecule has 4 atom stereocenters. The molecule has 0 N–H and O–H groups in total. The average Bonchev–Trinajstić information content (AvgIpc) is 3.36. The Kier molecular flexibility index (Phi) is 5.01. The first-order valence-electron chi connectivity index (χ1n) is 11.6. The Bertz CT molecular complexity index is 1540. The molecule has 3 heterocycles. The summed E-state index contributed by atoms with van der Waals surface area (Å²) in [5.74, 6) is -3.98. The van der Waals surface area contributed by atoms with Gasteiger partial charge in [-0.3, -0.25) is 29.5 Å². The Morgan fingerprint density at radius 1 is 1.00 bits per heavy atom. The summed E-state index contributed by atoms with van der Waals surface area (Å²) >= 11 is 0. The molecule has 3 aromatic rings. The molecule has 2 amide bonds. The molecule has 0 bridgehead atoms. The zero-order chi connectivity index (χ0) is 26.0. The quantitative estimate of drug-likeness (QED) is 0.234. The van der Waals surface area contributed by atoms with E-state index in [9.17, 15) is 28.9 Å². The summed E-state index contributed by atoms with van der Waals surface area (Å²) in [4.78, 5) is 53.3. The Morgan fingerprint density at radius 2 is 1.70 bits per heavy atom. The summed E-state index contributed by atoms with van der Waals surface area (Å²) in [6.07, 6.45) is 1.60. The minimum Gasteiger partial charge on any atom is -0.292 e. The third kappa shape index (κ3) is 3.29. The highest BCUT2D eigenvalue weighted by molar-refractivity contribution is 6.25. The lowest BCUT2D eigenvalue weighted by Gasteiger charge is -2.34. The second-order valence-corrected chi connectivity index (χ2v) is 9.31. The van der Waals surface area contributed by atoms with E-state index >= 15 is 0 Å². The largest absolute Gasteiger partial charge is 0.292 e. The first kappa shape index (κ1) is 22.7. The van der Waals surface area contributed by atoms with Crippen LogP contribution in [-0.4, -0.2) is 39.8 Å². The number of rotatable bonds is 4. The molecule has 2 fully saturated rings. The van der Waals surface area contributed by atoms with Crippen molar-refractivity contribution in [3.05, 3.63) is 105 Å². The van der Waals surface area contributed by atoms with E-state index in [2.05, 4.69) is 5.10 Å². The van der Waals surface area contributed by atoms with Crippen molar-refractivity contribution in [3.8, 4) is 0 Å². The fourth-order valence-corrected chi connectivity index (χ4v) is 5.69. The summed E-state index contributed by atoms with van der Waals surface area (Å²) in [6.45, 7) is 1.59. The number of imide groups is 1. The van der Waals surface area contributed by atoms with Gasteiger partial charge in [-0.05, 0) is 53.9 Å². The lowest BCUT2D eigenvalue weighted by Crippen LogP contribution is -2.44. The van der Waals surface area contributed by atoms with Gasteiger partial charge in [0.15, 0.2) is 5.78 Å². The zero-order valence-electron chi connectivity index (χ0n) is 19.4. The SMILES string of the molecule is Cc1cc([N+](=O)[O-])ccc1N1C(=O)[C@@H]2[C@@H](C1=O)[C@@H]1c3ccccc3C=NN1[C@@H]2C(=O)c1ccc(F)cc1. The molecule has 0 radical (unpaired) electrons. The van der Waals surface area contributed by atoms with Gasteiger partial charge in [0.2, 0.25) is 11.8 Å². The van der Waals surface area contributed by atoms with E-state index < -0.39 is 52.3 Å². The lowest BCUT2D eigenvalue weighted by atomic mass is 9.83. The summed E-state index contributed by atoms with van der Waals surface area (Å²) in [7, 11) is 0. The summed E-state index contributed by atoms with van der Waals surface area (Å²) in [5, 5.41) is 17.2. The van der Waals surface area contributed by atoms with Crippen molar-refractivity contribution in [3.63, 3.8) is 0 Å². The Labute approximate surface area is 210 Å². The van der Waals surface area contributed by atoms with Crippen LogP contribution >= 0.6 is 0 Å². The van der Waals surface area contributed by atoms with Crippen LogP contribution in [0.5, 0.6) is 0 Å². The summed E-state index contributed by atoms with van der Waals surface area (Å²) in [6, 6.07) is 14.5. The van der Waals surface area contributed by atoms with Gasteiger partial charge in [0.05, 0.1) is 34.7 Å². The van der Waals surface area contributed by atoms with Gasteiger partial charge in [-0.2, -0.15) is 5.10 Å². The van der Waals surface area contributed by atoms with Gasteiger partial charge in [0, 0.05) is 17.7 Å². The number of nitro benzene ring substituents is 1. The number of Topliss-reactive ketones (excluding diaryl/α,β-unsaturated/α-hetero) is 1. The molecule has 3 aliphatic rings. The predicted molar refractivity (Wildman–Crippen MR) is 130 cm³/mol. The highest BCUT2D eigenvalue weighted by Crippen LogP contribution is 2.53. The van der Waals surface area contributed by atoms with E-state index in [1.54, 1.807) is 13.1 Å². The van der Waals surface area contributed by atoms with E-state index in [4.69, 9.17) is 0 Å². The molecule has 37 heavy (non-hydrogen) atoms. The van der Waals surface area contributed by atoms with Crippen molar-refractivity contribution in [1.82, 2.24) is 5.01 Å². The van der Waals surface area contributed by atoms with Crippen molar-refractivity contribution < 1.29 is 23.7 Å². The number of anilines is 1. The predicted octanol–water partition coefficient (Wildman–Crippen LogP) is 3.80. The molecule has 0 unspecified atom stereocenters. The molecule has 9 nitrogen and oxygen atoms in total. The van der Waals surface area contributed by atoms with Gasteiger partial charge in [-0.15, -0.1) is 0 Å². The van der Waals surface area contributed by atoms with Crippen molar-refractivity contribution in [2.24, 2.45) is 16.9 Å². The van der Waals surface area contributed by atoms with Crippen LogP contribution in [-0.2, 0) is 9.59 Å². The van der Waals surface area contributed by atoms with Crippen LogP contribution in [0.4, 0.5) is 15.8 Å². The van der Waals surface area contributed by atoms with E-state index in [1.165, 1.54) is 47.5 Å². The van der Waals surface area contributed by atoms with Gasteiger partial charge in [-0.25, -0.2) is 9.29 Å². The van der Waals surface area contributed by atoms with Crippen LogP contribution in [0.2, 0.25) is 0 Å². The molecule has 0 spiro atoms. The zero-order valence-corrected chi connectivity index (χ0v) is 19.4. The Balaban J connectivity index is 1.49. The maximum atomic E-state index is 13.9. The number of benzene rings is 3. The number of nitrogens with zero attached hydrogens (tertiary/aromatic N) is 4. The summed E-state index contributed by atoms with van der Waals surface area (Å²) < 4.78 is 13.6. The minimum atomic E-state index is -1.09. The van der Waals surface area contributed by atoms with Gasteiger partial charge < -0.3 is 0 Å². The monoisotopic (exact) mass is 498 g/mol. The maximum absolute atomic E-state index is 13.9. The molecule has 10 heteroatoms. The van der Waals surface area contributed by atoms with Gasteiger partial charge >= 0.3 is 0 Å². The van der Waals surface area contributed by atoms with E-state index in [0.29, 0.717) is 5.56 Å². The number of hydrogen-bond donors (Lipinski definition) is 0. The van der Waals surface area contributed by atoms with Crippen LogP contribution in [0, 0.1) is 34.7 Å². The number of aryl methyl sites for hydroxylation is 1. The fraction of sp³-hybridized carbons (Fsp3) is 0.185.